The summed E-state index contributed by atoms with van der Waals surface area (Å²) < 4.78 is 1.70. The second kappa shape index (κ2) is 7.69. The minimum atomic E-state index is 0.138. The van der Waals surface area contributed by atoms with Crippen LogP contribution in [0.3, 0.4) is 0 Å². The molecule has 1 aromatic carbocycles. The summed E-state index contributed by atoms with van der Waals surface area (Å²) in [7, 11) is 5.42. The van der Waals surface area contributed by atoms with Crippen LogP contribution in [0.4, 0.5) is 0 Å². The molecule has 3 rings (SSSR count). The van der Waals surface area contributed by atoms with Crippen molar-refractivity contribution in [3.63, 3.8) is 0 Å². The van der Waals surface area contributed by atoms with Crippen molar-refractivity contribution in [3.8, 4) is 11.3 Å². The van der Waals surface area contributed by atoms with E-state index >= 15 is 0 Å². The number of pyridine rings is 1. The standard InChI is InChI=1S/C21H25ClN4O/c1-6-16-20(21(22)26(5)24-16)18-11-13(2)15-12-14(7-9-17(15)23-18)8-10-19(27)25(3)4/h7,9,11-12H,6,8,10H2,1-5H3. The van der Waals surface area contributed by atoms with E-state index in [1.54, 1.807) is 23.7 Å². The Morgan fingerprint density at radius 2 is 2.00 bits per heavy atom. The van der Waals surface area contributed by atoms with Crippen molar-refractivity contribution in [2.45, 2.75) is 33.1 Å². The first-order valence-electron chi connectivity index (χ1n) is 9.14. The van der Waals surface area contributed by atoms with Crippen molar-refractivity contribution in [3.05, 3.63) is 46.2 Å². The molecule has 2 aromatic heterocycles. The Morgan fingerprint density at radius 1 is 1.26 bits per heavy atom. The molecule has 0 saturated heterocycles. The molecule has 0 bridgehead atoms. The fraction of sp³-hybridized carbons (Fsp3) is 0.381. The van der Waals surface area contributed by atoms with Crippen LogP contribution in [-0.2, 0) is 24.7 Å². The van der Waals surface area contributed by atoms with Gasteiger partial charge in [0, 0.05) is 33.0 Å². The first-order chi connectivity index (χ1) is 12.8. The van der Waals surface area contributed by atoms with Gasteiger partial charge in [-0.05, 0) is 49.1 Å². The molecule has 0 aliphatic rings. The molecule has 5 nitrogen and oxygen atoms in total. The van der Waals surface area contributed by atoms with E-state index in [2.05, 4.69) is 31.1 Å². The van der Waals surface area contributed by atoms with Gasteiger partial charge < -0.3 is 4.90 Å². The molecular weight excluding hydrogens is 360 g/mol. The average Bonchev–Trinajstić information content (AvgIpc) is 2.93. The summed E-state index contributed by atoms with van der Waals surface area (Å²) in [5, 5.41) is 6.20. The highest BCUT2D eigenvalue weighted by molar-refractivity contribution is 6.32. The number of benzene rings is 1. The number of fused-ring (bicyclic) bond motifs is 1. The highest BCUT2D eigenvalue weighted by Crippen LogP contribution is 2.33. The maximum absolute atomic E-state index is 11.8. The zero-order valence-electron chi connectivity index (χ0n) is 16.5. The first-order valence-corrected chi connectivity index (χ1v) is 9.51. The van der Waals surface area contributed by atoms with Gasteiger partial charge in [-0.1, -0.05) is 24.6 Å². The van der Waals surface area contributed by atoms with Crippen molar-refractivity contribution < 1.29 is 4.79 Å². The van der Waals surface area contributed by atoms with Crippen LogP contribution in [0.2, 0.25) is 5.15 Å². The maximum atomic E-state index is 11.8. The Balaban J connectivity index is 1.99. The lowest BCUT2D eigenvalue weighted by molar-refractivity contribution is -0.128. The lowest BCUT2D eigenvalue weighted by Gasteiger charge is -2.11. The molecule has 1 amide bonds. The van der Waals surface area contributed by atoms with E-state index < -0.39 is 0 Å². The molecule has 0 N–H and O–H groups in total. The van der Waals surface area contributed by atoms with Crippen molar-refractivity contribution in [2.75, 3.05) is 14.1 Å². The van der Waals surface area contributed by atoms with Gasteiger partial charge in [0.15, 0.2) is 0 Å². The zero-order valence-corrected chi connectivity index (χ0v) is 17.3. The molecule has 2 heterocycles. The molecule has 0 unspecified atom stereocenters. The third-order valence-corrected chi connectivity index (χ3v) is 5.28. The van der Waals surface area contributed by atoms with E-state index in [4.69, 9.17) is 16.6 Å². The lowest BCUT2D eigenvalue weighted by atomic mass is 10.0. The van der Waals surface area contributed by atoms with Gasteiger partial charge in [0.25, 0.3) is 0 Å². The summed E-state index contributed by atoms with van der Waals surface area (Å²) in [4.78, 5) is 18.3. The van der Waals surface area contributed by atoms with Crippen LogP contribution in [0.15, 0.2) is 24.3 Å². The van der Waals surface area contributed by atoms with Gasteiger partial charge in [-0.3, -0.25) is 9.48 Å². The topological polar surface area (TPSA) is 51.0 Å². The van der Waals surface area contributed by atoms with E-state index in [1.807, 2.05) is 19.2 Å². The quantitative estimate of drug-likeness (QED) is 0.663. The second-order valence-corrected chi connectivity index (χ2v) is 7.41. The number of carbonyl (C=O) groups excluding carboxylic acids is 1. The van der Waals surface area contributed by atoms with E-state index in [9.17, 15) is 4.79 Å². The number of aryl methyl sites for hydroxylation is 4. The number of rotatable bonds is 5. The van der Waals surface area contributed by atoms with Crippen LogP contribution in [0, 0.1) is 6.92 Å². The van der Waals surface area contributed by atoms with E-state index in [1.165, 1.54) is 0 Å². The second-order valence-electron chi connectivity index (χ2n) is 7.05. The number of halogens is 1. The molecule has 0 atom stereocenters. The van der Waals surface area contributed by atoms with Gasteiger partial charge in [-0.15, -0.1) is 0 Å². The summed E-state index contributed by atoms with van der Waals surface area (Å²) in [6.45, 7) is 4.15. The normalized spacial score (nSPS) is 11.2. The van der Waals surface area contributed by atoms with Gasteiger partial charge >= 0.3 is 0 Å². The molecule has 27 heavy (non-hydrogen) atoms. The zero-order chi connectivity index (χ0) is 19.7. The molecule has 0 radical (unpaired) electrons. The molecular formula is C21H25ClN4O. The van der Waals surface area contributed by atoms with Crippen LogP contribution in [0.5, 0.6) is 0 Å². The molecule has 0 saturated carbocycles. The van der Waals surface area contributed by atoms with Crippen molar-refractivity contribution in [2.24, 2.45) is 7.05 Å². The number of carbonyl (C=O) groups is 1. The fourth-order valence-corrected chi connectivity index (χ4v) is 3.50. The minimum Gasteiger partial charge on any atom is -0.349 e. The van der Waals surface area contributed by atoms with Crippen molar-refractivity contribution in [1.82, 2.24) is 19.7 Å². The maximum Gasteiger partial charge on any atom is 0.222 e. The third-order valence-electron chi connectivity index (χ3n) is 4.85. The van der Waals surface area contributed by atoms with Crippen LogP contribution in [-0.4, -0.2) is 39.7 Å². The smallest absolute Gasteiger partial charge is 0.222 e. The van der Waals surface area contributed by atoms with Crippen molar-refractivity contribution >= 4 is 28.4 Å². The van der Waals surface area contributed by atoms with Crippen LogP contribution < -0.4 is 0 Å². The predicted octanol–water partition coefficient (Wildman–Crippen LogP) is 4.18. The van der Waals surface area contributed by atoms with E-state index in [0.29, 0.717) is 11.6 Å². The Kier molecular flexibility index (Phi) is 5.51. The molecule has 0 aliphatic carbocycles. The fourth-order valence-electron chi connectivity index (χ4n) is 3.26. The number of aromatic nitrogens is 3. The lowest BCUT2D eigenvalue weighted by Crippen LogP contribution is -2.21. The van der Waals surface area contributed by atoms with Crippen LogP contribution in [0.25, 0.3) is 22.2 Å². The average molecular weight is 385 g/mol. The predicted molar refractivity (Wildman–Crippen MR) is 110 cm³/mol. The Bertz CT molecular complexity index is 1010. The minimum absolute atomic E-state index is 0.138. The van der Waals surface area contributed by atoms with Gasteiger partial charge in [-0.2, -0.15) is 5.10 Å². The summed E-state index contributed by atoms with van der Waals surface area (Å²) >= 11 is 6.48. The van der Waals surface area contributed by atoms with Crippen molar-refractivity contribution in [1.29, 1.82) is 0 Å². The highest BCUT2D eigenvalue weighted by atomic mass is 35.5. The largest absolute Gasteiger partial charge is 0.349 e. The summed E-state index contributed by atoms with van der Waals surface area (Å²) in [5.74, 6) is 0.138. The first kappa shape index (κ1) is 19.4. The Hall–Kier alpha value is -2.40. The van der Waals surface area contributed by atoms with Gasteiger partial charge in [0.05, 0.1) is 22.5 Å². The molecule has 142 valence electrons. The van der Waals surface area contributed by atoms with Crippen LogP contribution in [0.1, 0.15) is 30.2 Å². The summed E-state index contributed by atoms with van der Waals surface area (Å²) in [6.07, 6.45) is 2.03. The Labute approximate surface area is 165 Å². The monoisotopic (exact) mass is 384 g/mol. The summed E-state index contributed by atoms with van der Waals surface area (Å²) in [6, 6.07) is 8.28. The van der Waals surface area contributed by atoms with Gasteiger partial charge in [0.2, 0.25) is 5.91 Å². The Morgan fingerprint density at radius 3 is 2.67 bits per heavy atom. The molecule has 0 aliphatic heterocycles. The SMILES string of the molecule is CCc1nn(C)c(Cl)c1-c1cc(C)c2cc(CCC(=O)N(C)C)ccc2n1. The molecule has 3 aromatic rings. The van der Waals surface area contributed by atoms with Crippen LogP contribution >= 0.6 is 11.6 Å². The van der Waals surface area contributed by atoms with Gasteiger partial charge in [0.1, 0.15) is 5.15 Å². The number of hydrogen-bond acceptors (Lipinski definition) is 3. The number of amides is 1. The summed E-state index contributed by atoms with van der Waals surface area (Å²) in [5.41, 5.74) is 5.92. The molecule has 6 heteroatoms. The van der Waals surface area contributed by atoms with Gasteiger partial charge in [-0.25, -0.2) is 4.98 Å². The molecule has 0 fully saturated rings. The van der Waals surface area contributed by atoms with E-state index in [-0.39, 0.29) is 5.91 Å². The number of hydrogen-bond donors (Lipinski definition) is 0. The third kappa shape index (κ3) is 3.83. The van der Waals surface area contributed by atoms with E-state index in [0.717, 1.165) is 51.8 Å². The number of nitrogens with zero attached hydrogens (tertiary/aromatic N) is 4. The molecule has 0 spiro atoms. The highest BCUT2D eigenvalue weighted by Gasteiger charge is 2.17.